The normalized spacial score (nSPS) is 17.8. The van der Waals surface area contributed by atoms with Gasteiger partial charge in [0.2, 0.25) is 5.91 Å². The van der Waals surface area contributed by atoms with Gasteiger partial charge < -0.3 is 20.7 Å². The fraction of sp³-hybridized carbons (Fsp3) is 0.478. The summed E-state index contributed by atoms with van der Waals surface area (Å²) in [6, 6.07) is 2.95. The lowest BCUT2D eigenvalue weighted by molar-refractivity contribution is -0.169. The zero-order valence-electron chi connectivity index (χ0n) is 19.6. The molecular formula is C23H26F3N7O2. The zero-order valence-corrected chi connectivity index (χ0v) is 19.6. The van der Waals surface area contributed by atoms with E-state index in [-0.39, 0.29) is 11.6 Å². The van der Waals surface area contributed by atoms with Crippen LogP contribution in [0.1, 0.15) is 55.0 Å². The van der Waals surface area contributed by atoms with Gasteiger partial charge in [-0.25, -0.2) is 0 Å². The lowest BCUT2D eigenvalue weighted by Crippen LogP contribution is -2.52. The first-order valence-corrected chi connectivity index (χ1v) is 11.4. The second-order valence-electron chi connectivity index (χ2n) is 9.46. The molecule has 1 saturated heterocycles. The number of carbonyl (C=O) groups is 1. The molecule has 1 fully saturated rings. The SMILES string of the molecule is CCc1nnc2nc(NC(C)c3cc(N)cc(C(F)(F)F)c3)c3c(n12)CN(C(=O)C1(C)COC1)C3. The predicted octanol–water partition coefficient (Wildman–Crippen LogP) is 3.34. The van der Waals surface area contributed by atoms with Crippen LogP contribution in [0, 0.1) is 5.41 Å². The quantitative estimate of drug-likeness (QED) is 0.529. The first kappa shape index (κ1) is 23.3. The largest absolute Gasteiger partial charge is 0.416 e. The summed E-state index contributed by atoms with van der Waals surface area (Å²) in [5.41, 5.74) is 6.41. The Labute approximate surface area is 199 Å². The number of amides is 1. The molecule has 1 amide bonds. The summed E-state index contributed by atoms with van der Waals surface area (Å²) in [5, 5.41) is 11.6. The number of rotatable bonds is 5. The number of benzene rings is 1. The molecule has 0 aliphatic carbocycles. The summed E-state index contributed by atoms with van der Waals surface area (Å²) in [6.07, 6.45) is -3.88. The summed E-state index contributed by atoms with van der Waals surface area (Å²) < 4.78 is 47.1. The number of ether oxygens (including phenoxy) is 1. The number of nitrogens with zero attached hydrogens (tertiary/aromatic N) is 5. The lowest BCUT2D eigenvalue weighted by Gasteiger charge is -2.39. The molecule has 0 bridgehead atoms. The van der Waals surface area contributed by atoms with E-state index in [9.17, 15) is 18.0 Å². The van der Waals surface area contributed by atoms with E-state index in [2.05, 4.69) is 20.5 Å². The van der Waals surface area contributed by atoms with Crippen LogP contribution in [-0.4, -0.2) is 43.6 Å². The van der Waals surface area contributed by atoms with Crippen molar-refractivity contribution in [1.82, 2.24) is 24.5 Å². The van der Waals surface area contributed by atoms with E-state index < -0.39 is 23.2 Å². The minimum Gasteiger partial charge on any atom is -0.399 e. The number of hydrogen-bond acceptors (Lipinski definition) is 7. The van der Waals surface area contributed by atoms with Crippen molar-refractivity contribution in [3.05, 3.63) is 46.4 Å². The summed E-state index contributed by atoms with van der Waals surface area (Å²) in [7, 11) is 0. The van der Waals surface area contributed by atoms with Gasteiger partial charge in [0.15, 0.2) is 0 Å². The Hall–Kier alpha value is -3.41. The van der Waals surface area contributed by atoms with E-state index in [0.29, 0.717) is 49.9 Å². The van der Waals surface area contributed by atoms with Gasteiger partial charge in [-0.05, 0) is 37.6 Å². The van der Waals surface area contributed by atoms with Crippen molar-refractivity contribution in [2.75, 3.05) is 24.3 Å². The van der Waals surface area contributed by atoms with Crippen LogP contribution >= 0.6 is 0 Å². The maximum atomic E-state index is 13.3. The number of nitrogens with two attached hydrogens (primary N) is 1. The standard InChI is InChI=1S/C23H26F3N7O2/c1-4-18-30-31-21-29-19(28-12(2)13-5-14(23(24,25)26)7-15(27)6-13)16-8-32(9-17(16)33(18)21)20(34)22(3)10-35-11-22/h5-7,12H,4,8-11,27H2,1-3H3,(H,28,29,31). The van der Waals surface area contributed by atoms with Crippen LogP contribution in [0.2, 0.25) is 0 Å². The van der Waals surface area contributed by atoms with Gasteiger partial charge in [-0.1, -0.05) is 6.92 Å². The number of hydrogen-bond donors (Lipinski definition) is 2. The molecule has 4 heterocycles. The number of fused-ring (bicyclic) bond motifs is 3. The fourth-order valence-corrected chi connectivity index (χ4v) is 4.64. The molecule has 12 heteroatoms. The van der Waals surface area contributed by atoms with Gasteiger partial charge in [-0.3, -0.25) is 9.20 Å². The van der Waals surface area contributed by atoms with Crippen LogP contribution in [0.15, 0.2) is 18.2 Å². The van der Waals surface area contributed by atoms with Crippen molar-refractivity contribution < 1.29 is 22.7 Å². The number of nitrogen functional groups attached to an aromatic ring is 1. The number of alkyl halides is 3. The van der Waals surface area contributed by atoms with Gasteiger partial charge in [-0.2, -0.15) is 18.2 Å². The highest BCUT2D eigenvalue weighted by atomic mass is 19.4. The number of halogens is 3. The van der Waals surface area contributed by atoms with Gasteiger partial charge in [0.25, 0.3) is 5.78 Å². The molecule has 5 rings (SSSR count). The van der Waals surface area contributed by atoms with E-state index in [1.165, 1.54) is 6.07 Å². The van der Waals surface area contributed by atoms with Crippen LogP contribution in [-0.2, 0) is 35.2 Å². The third-order valence-electron chi connectivity index (χ3n) is 6.64. The second kappa shape index (κ2) is 8.08. The topological polar surface area (TPSA) is 111 Å². The number of nitrogens with one attached hydrogen (secondary N) is 1. The molecule has 0 radical (unpaired) electrons. The Kier molecular flexibility index (Phi) is 5.38. The summed E-state index contributed by atoms with van der Waals surface area (Å²) >= 11 is 0. The molecule has 3 aromatic rings. The van der Waals surface area contributed by atoms with Crippen molar-refractivity contribution in [2.45, 2.75) is 52.5 Å². The van der Waals surface area contributed by atoms with E-state index >= 15 is 0 Å². The average Bonchev–Trinajstić information content (AvgIpc) is 3.40. The fourth-order valence-electron chi connectivity index (χ4n) is 4.64. The Balaban J connectivity index is 1.52. The second-order valence-corrected chi connectivity index (χ2v) is 9.46. The predicted molar refractivity (Wildman–Crippen MR) is 121 cm³/mol. The van der Waals surface area contributed by atoms with E-state index in [4.69, 9.17) is 10.5 Å². The smallest absolute Gasteiger partial charge is 0.399 e. The van der Waals surface area contributed by atoms with Crippen LogP contribution < -0.4 is 11.1 Å². The van der Waals surface area contributed by atoms with E-state index in [0.717, 1.165) is 29.2 Å². The Morgan fingerprint density at radius 1 is 1.26 bits per heavy atom. The third-order valence-corrected chi connectivity index (χ3v) is 6.64. The maximum absolute atomic E-state index is 13.3. The maximum Gasteiger partial charge on any atom is 0.416 e. The van der Waals surface area contributed by atoms with Crippen molar-refractivity contribution >= 4 is 23.2 Å². The molecule has 0 spiro atoms. The summed E-state index contributed by atoms with van der Waals surface area (Å²) in [4.78, 5) is 19.6. The van der Waals surface area contributed by atoms with Gasteiger partial charge in [0.05, 0.1) is 49.0 Å². The number of aryl methyl sites for hydroxylation is 1. The van der Waals surface area contributed by atoms with Crippen molar-refractivity contribution in [2.24, 2.45) is 5.41 Å². The molecule has 2 aromatic heterocycles. The highest BCUT2D eigenvalue weighted by Crippen LogP contribution is 2.37. The third kappa shape index (κ3) is 3.95. The lowest BCUT2D eigenvalue weighted by atomic mass is 9.87. The van der Waals surface area contributed by atoms with Gasteiger partial charge in [-0.15, -0.1) is 10.2 Å². The number of carbonyl (C=O) groups excluding carboxylic acids is 1. The molecule has 1 atom stereocenters. The molecule has 1 aromatic carbocycles. The van der Waals surface area contributed by atoms with Gasteiger partial charge in [0, 0.05) is 17.7 Å². The van der Waals surface area contributed by atoms with Crippen molar-refractivity contribution in [3.63, 3.8) is 0 Å². The minimum absolute atomic E-state index is 0.0103. The van der Waals surface area contributed by atoms with Crippen LogP contribution in [0.25, 0.3) is 5.78 Å². The zero-order chi connectivity index (χ0) is 25.1. The van der Waals surface area contributed by atoms with Crippen molar-refractivity contribution in [3.8, 4) is 0 Å². The Morgan fingerprint density at radius 3 is 2.63 bits per heavy atom. The Bertz CT molecular complexity index is 1320. The minimum atomic E-state index is -4.51. The van der Waals surface area contributed by atoms with Gasteiger partial charge in [0.1, 0.15) is 11.6 Å². The average molecular weight is 490 g/mol. The molecular weight excluding hydrogens is 463 g/mol. The first-order chi connectivity index (χ1) is 16.5. The van der Waals surface area contributed by atoms with Crippen LogP contribution in [0.5, 0.6) is 0 Å². The van der Waals surface area contributed by atoms with E-state index in [1.807, 2.05) is 18.2 Å². The monoisotopic (exact) mass is 489 g/mol. The van der Waals surface area contributed by atoms with Crippen LogP contribution in [0.3, 0.4) is 0 Å². The summed E-state index contributed by atoms with van der Waals surface area (Å²) in [5.74, 6) is 1.54. The van der Waals surface area contributed by atoms with E-state index in [1.54, 1.807) is 11.8 Å². The molecule has 9 nitrogen and oxygen atoms in total. The molecule has 35 heavy (non-hydrogen) atoms. The van der Waals surface area contributed by atoms with Gasteiger partial charge >= 0.3 is 6.18 Å². The number of anilines is 2. The molecule has 2 aliphatic heterocycles. The molecule has 2 aliphatic rings. The summed E-state index contributed by atoms with van der Waals surface area (Å²) in [6.45, 7) is 6.99. The first-order valence-electron chi connectivity index (χ1n) is 11.4. The van der Waals surface area contributed by atoms with Crippen LogP contribution in [0.4, 0.5) is 24.7 Å². The molecule has 1 unspecified atom stereocenters. The molecule has 186 valence electrons. The highest BCUT2D eigenvalue weighted by molar-refractivity contribution is 5.84. The number of aromatic nitrogens is 4. The van der Waals surface area contributed by atoms with Crippen molar-refractivity contribution in [1.29, 1.82) is 0 Å². The Morgan fingerprint density at radius 2 is 2.00 bits per heavy atom. The molecule has 0 saturated carbocycles. The highest BCUT2D eigenvalue weighted by Gasteiger charge is 2.45. The molecule has 3 N–H and O–H groups in total.